The third-order valence-corrected chi connectivity index (χ3v) is 18.7. The Morgan fingerprint density at radius 2 is 1.73 bits per heavy atom. The van der Waals surface area contributed by atoms with E-state index in [1.165, 1.54) is 49.9 Å². The van der Waals surface area contributed by atoms with E-state index in [4.69, 9.17) is 9.47 Å². The third-order valence-electron chi connectivity index (χ3n) is 15.6. The van der Waals surface area contributed by atoms with E-state index in [1.807, 2.05) is 66.4 Å². The highest BCUT2D eigenvalue weighted by Crippen LogP contribution is 2.41. The third kappa shape index (κ3) is 14.0. The van der Waals surface area contributed by atoms with Gasteiger partial charge in [0.2, 0.25) is 17.7 Å². The lowest BCUT2D eigenvalue weighted by Gasteiger charge is -2.35. The maximum absolute atomic E-state index is 15.5. The molecule has 3 aromatic heterocycles. The first-order valence-corrected chi connectivity index (χ1v) is 31.0. The molecule has 3 atom stereocenters. The first-order valence-electron chi connectivity index (χ1n) is 28.5. The van der Waals surface area contributed by atoms with Crippen molar-refractivity contribution in [1.82, 2.24) is 35.4 Å². The van der Waals surface area contributed by atoms with Crippen LogP contribution in [0.1, 0.15) is 107 Å². The molecule has 5 amide bonds. The van der Waals surface area contributed by atoms with E-state index in [9.17, 15) is 43.4 Å². The van der Waals surface area contributed by atoms with Gasteiger partial charge in [-0.1, -0.05) is 80.6 Å². The lowest BCUT2D eigenvalue weighted by molar-refractivity contribution is -0.145. The van der Waals surface area contributed by atoms with Crippen LogP contribution in [-0.4, -0.2) is 134 Å². The summed E-state index contributed by atoms with van der Waals surface area (Å²) in [6.07, 6.45) is 0.523. The first kappa shape index (κ1) is 61.2. The molecule has 7 aromatic rings. The lowest BCUT2D eigenvalue weighted by Crippen LogP contribution is -2.59. The molecular weight excluding hydrogens is 1160 g/mol. The van der Waals surface area contributed by atoms with Crippen LogP contribution < -0.4 is 30.3 Å². The Morgan fingerprint density at radius 1 is 0.942 bits per heavy atom. The number of amides is 5. The molecule has 24 heteroatoms. The number of nitrogens with zero attached hydrogens (tertiary/aromatic N) is 6. The molecule has 4 aromatic carbocycles. The summed E-state index contributed by atoms with van der Waals surface area (Å²) >= 11 is 4.11. The van der Waals surface area contributed by atoms with Gasteiger partial charge in [-0.25, -0.2) is 28.5 Å². The van der Waals surface area contributed by atoms with Crippen molar-refractivity contribution in [3.8, 4) is 21.9 Å². The number of carbonyl (C=O) groups excluding carboxylic acids is 5. The largest absolute Gasteiger partial charge is 0.491 e. The monoisotopic (exact) mass is 1230 g/mol. The van der Waals surface area contributed by atoms with Crippen molar-refractivity contribution >= 4 is 90.0 Å². The fourth-order valence-corrected chi connectivity index (χ4v) is 13.4. The van der Waals surface area contributed by atoms with Crippen LogP contribution in [0.15, 0.2) is 84.4 Å². The molecule has 1 saturated carbocycles. The summed E-state index contributed by atoms with van der Waals surface area (Å²) in [5.41, 5.74) is 4.67. The number of aryl methyl sites for hydroxylation is 3. The zero-order valence-electron chi connectivity index (χ0n) is 48.2. The van der Waals surface area contributed by atoms with E-state index in [0.29, 0.717) is 63.5 Å². The van der Waals surface area contributed by atoms with Gasteiger partial charge in [0.25, 0.3) is 11.8 Å². The molecule has 0 unspecified atom stereocenters. The van der Waals surface area contributed by atoms with Gasteiger partial charge >= 0.3 is 5.97 Å². The van der Waals surface area contributed by atoms with E-state index >= 15 is 4.39 Å². The molecule has 1 aliphatic carbocycles. The normalized spacial score (nSPS) is 16.5. The molecular formula is C62H67F2N9O10S3. The van der Waals surface area contributed by atoms with Crippen LogP contribution >= 0.6 is 34.0 Å². The number of carbonyl (C=O) groups is 6. The topological polar surface area (TPSA) is 246 Å². The van der Waals surface area contributed by atoms with Gasteiger partial charge in [-0.2, -0.15) is 0 Å². The van der Waals surface area contributed by atoms with Gasteiger partial charge in [-0.15, -0.1) is 22.7 Å². The molecule has 3 aliphatic rings. The molecule has 10 rings (SSSR count). The summed E-state index contributed by atoms with van der Waals surface area (Å²) in [6, 6.07) is 21.1. The van der Waals surface area contributed by atoms with Crippen LogP contribution in [0.4, 0.5) is 19.0 Å². The number of β-amino-alcohol motifs (C(OH)–C–C–N with tert-alkyl or cyclic N) is 1. The Morgan fingerprint density at radius 3 is 2.48 bits per heavy atom. The van der Waals surface area contributed by atoms with Crippen LogP contribution in [0.5, 0.6) is 11.5 Å². The fourth-order valence-electron chi connectivity index (χ4n) is 10.6. The Bertz CT molecular complexity index is 3680. The Labute approximate surface area is 507 Å². The van der Waals surface area contributed by atoms with E-state index in [-0.39, 0.29) is 94.6 Å². The zero-order chi connectivity index (χ0) is 61.0. The molecule has 86 heavy (non-hydrogen) atoms. The quantitative estimate of drug-likeness (QED) is 0.0376. The summed E-state index contributed by atoms with van der Waals surface area (Å²) in [7, 11) is 1.63. The highest BCUT2D eigenvalue weighted by atomic mass is 32.1. The second kappa shape index (κ2) is 26.0. The smallest absolute Gasteiger partial charge is 0.355 e. The van der Waals surface area contributed by atoms with Crippen molar-refractivity contribution in [2.24, 2.45) is 5.41 Å². The molecule has 0 bridgehead atoms. The summed E-state index contributed by atoms with van der Waals surface area (Å²) < 4.78 is 43.5. The number of ether oxygens (including phenoxy) is 2. The number of aliphatic hydroxyl groups excluding tert-OH is 1. The Kier molecular flexibility index (Phi) is 18.5. The van der Waals surface area contributed by atoms with E-state index in [1.54, 1.807) is 51.5 Å². The van der Waals surface area contributed by atoms with Gasteiger partial charge in [0.1, 0.15) is 24.4 Å². The Balaban J connectivity index is 0.724. The number of anilines is 2. The Hall–Kier alpha value is -7.93. The number of alkyl halides is 1. The fraction of sp³-hybridized carbons (Fsp3) is 0.403. The molecule has 5 N–H and O–H groups in total. The SMILES string of the molecule is Cc1ncsc1-c1ccc(CNC(=O)[C@@H]2C[C@@H](O)CN2C(=O)[C@@H](NC(=O)C2(F)CC2)C(C)(C)C)c(OCCN(C)C(=O)CCc2cccc(F)c2OCCCc2sc(N3CCc4cccc(C(=O)Nc5nc6ccccc6s5)c4C3)nc2C(=O)O)c1. The van der Waals surface area contributed by atoms with Crippen molar-refractivity contribution in [1.29, 1.82) is 0 Å². The number of hydrogen-bond donors (Lipinski definition) is 5. The molecule has 5 heterocycles. The number of fused-ring (bicyclic) bond motifs is 2. The number of likely N-dealkylation sites (N-methyl/N-ethyl adjacent to an activating group) is 1. The number of carboxylic acids is 1. The van der Waals surface area contributed by atoms with Crippen LogP contribution in [0.2, 0.25) is 0 Å². The summed E-state index contributed by atoms with van der Waals surface area (Å²) in [6.45, 7) is 8.11. The van der Waals surface area contributed by atoms with E-state index in [2.05, 4.69) is 30.9 Å². The van der Waals surface area contributed by atoms with Crippen molar-refractivity contribution in [2.45, 2.75) is 116 Å². The van der Waals surface area contributed by atoms with Gasteiger partial charge in [0, 0.05) is 62.1 Å². The number of hydrogen-bond acceptors (Lipinski definition) is 16. The number of para-hydroxylation sites is 2. The maximum atomic E-state index is 15.5. The summed E-state index contributed by atoms with van der Waals surface area (Å²) in [5, 5.41) is 30.4. The molecule has 1 saturated heterocycles. The van der Waals surface area contributed by atoms with E-state index < -0.39 is 58.8 Å². The lowest BCUT2D eigenvalue weighted by atomic mass is 9.85. The number of nitrogens with one attached hydrogen (secondary N) is 3. The standard InChI is InChI=1S/C62H67F2N9O10S3/c1-35-52(84-34-66-35)38-18-19-39(31-65-55(77)45-30-40(74)32-73(45)56(78)53(61(2,3)4)69-58(81)62(64)23-24-62)46(29-38)82-28-26-71(5)49(75)21-20-37-12-9-14-43(63)51(37)83-27-10-17-48-50(57(79)80)68-60(86-48)72-25-22-36-11-8-13-41(42(36)33-72)54(76)70-59-67-44-15-6-7-16-47(44)85-59/h6-9,11-16,18-19,29,34,40,45,53,74H,10,17,20-28,30-33H2,1-5H3,(H,65,77)(H,69,81)(H,79,80)(H,67,70,76)/t40-,45+,53-/m1/s1. The van der Waals surface area contributed by atoms with Gasteiger partial charge in [-0.05, 0) is 103 Å². The minimum Gasteiger partial charge on any atom is -0.491 e. The average molecular weight is 1230 g/mol. The minimum atomic E-state index is -2.02. The van der Waals surface area contributed by atoms with Crippen LogP contribution in [-0.2, 0) is 51.5 Å². The van der Waals surface area contributed by atoms with Crippen molar-refractivity contribution < 1.29 is 57.2 Å². The van der Waals surface area contributed by atoms with Crippen LogP contribution in [0.25, 0.3) is 20.7 Å². The average Bonchev–Trinajstić information content (AvgIpc) is 1.85. The van der Waals surface area contributed by atoms with Crippen LogP contribution in [0.3, 0.4) is 0 Å². The number of carboxylic acid groups (broad SMARTS) is 1. The van der Waals surface area contributed by atoms with Gasteiger partial charge in [-0.3, -0.25) is 29.3 Å². The molecule has 0 radical (unpaired) electrons. The van der Waals surface area contributed by atoms with Crippen molar-refractivity contribution in [3.05, 3.63) is 134 Å². The van der Waals surface area contributed by atoms with Gasteiger partial charge in [0.15, 0.2) is 33.2 Å². The predicted molar refractivity (Wildman–Crippen MR) is 324 cm³/mol. The van der Waals surface area contributed by atoms with Crippen molar-refractivity contribution in [2.75, 3.05) is 50.1 Å². The number of rotatable bonds is 23. The molecule has 19 nitrogen and oxygen atoms in total. The zero-order valence-corrected chi connectivity index (χ0v) is 50.7. The summed E-state index contributed by atoms with van der Waals surface area (Å²) in [5.74, 6) is -3.87. The highest BCUT2D eigenvalue weighted by molar-refractivity contribution is 7.22. The second-order valence-corrected chi connectivity index (χ2v) is 25.9. The molecule has 2 fully saturated rings. The number of aromatic carboxylic acids is 1. The number of likely N-dealkylation sites (tertiary alicyclic amines) is 1. The first-order chi connectivity index (χ1) is 41.1. The minimum absolute atomic E-state index is 0.00586. The predicted octanol–water partition coefficient (Wildman–Crippen LogP) is 8.93. The number of halogens is 2. The number of aliphatic hydroxyl groups is 1. The van der Waals surface area contributed by atoms with Crippen molar-refractivity contribution in [3.63, 3.8) is 0 Å². The maximum Gasteiger partial charge on any atom is 0.355 e. The molecule has 452 valence electrons. The molecule has 0 spiro atoms. The second-order valence-electron chi connectivity index (χ2n) is 22.9. The number of benzene rings is 4. The highest BCUT2D eigenvalue weighted by Gasteiger charge is 2.53. The van der Waals surface area contributed by atoms with Gasteiger partial charge < -0.3 is 45.0 Å². The van der Waals surface area contributed by atoms with Gasteiger partial charge in [0.05, 0.1) is 45.6 Å². The molecule has 2 aliphatic heterocycles. The van der Waals surface area contributed by atoms with E-state index in [0.717, 1.165) is 37.5 Å². The number of thiazole rings is 3. The number of aromatic nitrogens is 3. The van der Waals surface area contributed by atoms with Crippen LogP contribution in [0, 0.1) is 18.2 Å². The summed E-state index contributed by atoms with van der Waals surface area (Å²) in [4.78, 5) is 100.